The van der Waals surface area contributed by atoms with Gasteiger partial charge in [0.1, 0.15) is 6.04 Å². The van der Waals surface area contributed by atoms with Gasteiger partial charge in [-0.1, -0.05) is 23.8 Å². The second-order valence-electron chi connectivity index (χ2n) is 7.36. The topological polar surface area (TPSA) is 127 Å². The molecule has 2 aromatic rings. The molecule has 31 heavy (non-hydrogen) atoms. The number of benzene rings is 2. The van der Waals surface area contributed by atoms with Gasteiger partial charge in [0.2, 0.25) is 11.8 Å². The molecule has 0 aliphatic carbocycles. The van der Waals surface area contributed by atoms with E-state index in [1.165, 1.54) is 30.3 Å². The molecule has 10 heteroatoms. The van der Waals surface area contributed by atoms with Crippen LogP contribution in [0.1, 0.15) is 44.7 Å². The van der Waals surface area contributed by atoms with Crippen LogP contribution in [0.2, 0.25) is 0 Å². The van der Waals surface area contributed by atoms with E-state index in [0.717, 1.165) is 10.5 Å². The molecule has 4 amide bonds. The van der Waals surface area contributed by atoms with Gasteiger partial charge in [0, 0.05) is 6.42 Å². The van der Waals surface area contributed by atoms with Crippen molar-refractivity contribution in [2.75, 3.05) is 0 Å². The molecule has 2 heterocycles. The zero-order valence-corrected chi connectivity index (χ0v) is 17.3. The van der Waals surface area contributed by atoms with Crippen molar-refractivity contribution >= 4 is 33.7 Å². The molecule has 2 aliphatic heterocycles. The summed E-state index contributed by atoms with van der Waals surface area (Å²) in [5.41, 5.74) is 1.45. The molecule has 1 N–H and O–H groups in total. The average molecular weight is 442 g/mol. The van der Waals surface area contributed by atoms with E-state index in [1.54, 1.807) is 12.1 Å². The van der Waals surface area contributed by atoms with Gasteiger partial charge in [-0.15, -0.1) is 0 Å². The molecule has 0 saturated carbocycles. The Balaban J connectivity index is 1.53. The molecule has 2 aromatic carbocycles. The molecule has 1 atom stereocenters. The Hall–Kier alpha value is -3.37. The molecule has 1 saturated heterocycles. The van der Waals surface area contributed by atoms with Gasteiger partial charge in [-0.2, -0.15) is 8.42 Å². The Kier molecular flexibility index (Phi) is 5.19. The third-order valence-electron chi connectivity index (χ3n) is 5.19. The van der Waals surface area contributed by atoms with Crippen LogP contribution in [0.4, 0.5) is 0 Å². The number of rotatable bonds is 5. The van der Waals surface area contributed by atoms with Crippen molar-refractivity contribution in [3.8, 4) is 0 Å². The highest BCUT2D eigenvalue weighted by Gasteiger charge is 2.44. The van der Waals surface area contributed by atoms with Crippen molar-refractivity contribution in [1.29, 1.82) is 0 Å². The number of carbonyl (C=O) groups is 4. The van der Waals surface area contributed by atoms with Crippen molar-refractivity contribution in [2.24, 2.45) is 0 Å². The quantitative estimate of drug-likeness (QED) is 0.546. The Bertz CT molecular complexity index is 1220. The minimum absolute atomic E-state index is 0.00884. The largest absolute Gasteiger partial charge is 0.297 e. The van der Waals surface area contributed by atoms with Gasteiger partial charge < -0.3 is 0 Å². The van der Waals surface area contributed by atoms with Gasteiger partial charge in [-0.3, -0.25) is 33.6 Å². The molecule has 9 nitrogen and oxygen atoms in total. The van der Waals surface area contributed by atoms with E-state index in [4.69, 9.17) is 4.18 Å². The van der Waals surface area contributed by atoms with Crippen LogP contribution in [0.25, 0.3) is 0 Å². The monoisotopic (exact) mass is 442 g/mol. The van der Waals surface area contributed by atoms with Gasteiger partial charge in [-0.25, -0.2) is 0 Å². The molecular formula is C21H18N2O7S. The minimum Gasteiger partial charge on any atom is -0.295 e. The smallest absolute Gasteiger partial charge is 0.295 e. The van der Waals surface area contributed by atoms with E-state index in [-0.39, 0.29) is 35.5 Å². The van der Waals surface area contributed by atoms with E-state index in [1.807, 2.05) is 6.92 Å². The van der Waals surface area contributed by atoms with Gasteiger partial charge >= 0.3 is 0 Å². The number of nitrogens with zero attached hydrogens (tertiary/aromatic N) is 1. The van der Waals surface area contributed by atoms with E-state index in [9.17, 15) is 27.6 Å². The zero-order valence-electron chi connectivity index (χ0n) is 16.5. The van der Waals surface area contributed by atoms with Gasteiger partial charge in [0.25, 0.3) is 21.9 Å². The van der Waals surface area contributed by atoms with E-state index in [2.05, 4.69) is 5.32 Å². The summed E-state index contributed by atoms with van der Waals surface area (Å²) >= 11 is 0. The third kappa shape index (κ3) is 3.87. The lowest BCUT2D eigenvalue weighted by Gasteiger charge is -2.27. The lowest BCUT2D eigenvalue weighted by molar-refractivity contribution is -0.136. The molecule has 0 radical (unpaired) electrons. The average Bonchev–Trinajstić information content (AvgIpc) is 2.97. The van der Waals surface area contributed by atoms with Crippen LogP contribution in [0, 0.1) is 6.92 Å². The molecule has 0 spiro atoms. The van der Waals surface area contributed by atoms with Crippen molar-refractivity contribution in [3.05, 3.63) is 64.7 Å². The predicted octanol–water partition coefficient (Wildman–Crippen LogP) is 1.30. The maximum absolute atomic E-state index is 12.8. The highest BCUT2D eigenvalue weighted by molar-refractivity contribution is 7.86. The third-order valence-corrected chi connectivity index (χ3v) is 6.47. The summed E-state index contributed by atoms with van der Waals surface area (Å²) < 4.78 is 29.8. The Morgan fingerprint density at radius 2 is 1.68 bits per heavy atom. The first-order valence-electron chi connectivity index (χ1n) is 9.48. The maximum atomic E-state index is 12.8. The lowest BCUT2D eigenvalue weighted by atomic mass is 10.0. The maximum Gasteiger partial charge on any atom is 0.297 e. The fraction of sp³-hybridized carbons (Fsp3) is 0.238. The van der Waals surface area contributed by atoms with Crippen LogP contribution in [0.3, 0.4) is 0 Å². The van der Waals surface area contributed by atoms with Crippen LogP contribution in [0.15, 0.2) is 47.4 Å². The van der Waals surface area contributed by atoms with Gasteiger partial charge in [-0.05, 0) is 43.2 Å². The SMILES string of the molecule is Cc1ccc(S(=O)(=O)OCc2ccc3c(c2)C(=O)N(C2CCC(=O)NC2=O)C3=O)cc1. The molecule has 160 valence electrons. The summed E-state index contributed by atoms with van der Waals surface area (Å²) in [7, 11) is -4.00. The molecule has 1 unspecified atom stereocenters. The molecular weight excluding hydrogens is 424 g/mol. The summed E-state index contributed by atoms with van der Waals surface area (Å²) in [4.78, 5) is 49.8. The second-order valence-corrected chi connectivity index (χ2v) is 8.97. The summed E-state index contributed by atoms with van der Waals surface area (Å²) in [6, 6.07) is 9.39. The van der Waals surface area contributed by atoms with Crippen LogP contribution in [0.5, 0.6) is 0 Å². The standard InChI is InChI=1S/C21H18N2O7S/c1-12-2-5-14(6-3-12)31(28,29)30-11-13-4-7-15-16(10-13)21(27)23(20(15)26)17-8-9-18(24)22-19(17)25/h2-7,10,17H,8-9,11H2,1H3,(H,22,24,25). The summed E-state index contributed by atoms with van der Waals surface area (Å²) in [5, 5.41) is 2.13. The van der Waals surface area contributed by atoms with Crippen molar-refractivity contribution < 1.29 is 31.8 Å². The molecule has 0 bridgehead atoms. The number of nitrogens with one attached hydrogen (secondary N) is 1. The zero-order chi connectivity index (χ0) is 22.3. The molecule has 0 aromatic heterocycles. The number of piperidine rings is 1. The number of aryl methyl sites for hydroxylation is 1. The molecule has 1 fully saturated rings. The Labute approximate surface area is 178 Å². The molecule has 2 aliphatic rings. The van der Waals surface area contributed by atoms with Crippen LogP contribution in [-0.2, 0) is 30.5 Å². The highest BCUT2D eigenvalue weighted by Crippen LogP contribution is 2.28. The fourth-order valence-electron chi connectivity index (χ4n) is 3.53. The van der Waals surface area contributed by atoms with Gasteiger partial charge in [0.05, 0.1) is 22.6 Å². The second kappa shape index (κ2) is 7.71. The van der Waals surface area contributed by atoms with Crippen molar-refractivity contribution in [1.82, 2.24) is 10.2 Å². The normalized spacial score (nSPS) is 18.9. The Morgan fingerprint density at radius 1 is 1.00 bits per heavy atom. The lowest BCUT2D eigenvalue weighted by Crippen LogP contribution is -2.54. The van der Waals surface area contributed by atoms with Crippen molar-refractivity contribution in [2.45, 2.75) is 37.3 Å². The van der Waals surface area contributed by atoms with E-state index in [0.29, 0.717) is 5.56 Å². The van der Waals surface area contributed by atoms with Crippen LogP contribution >= 0.6 is 0 Å². The summed E-state index contributed by atoms with van der Waals surface area (Å²) in [5.74, 6) is -2.45. The van der Waals surface area contributed by atoms with Crippen LogP contribution < -0.4 is 5.32 Å². The first-order chi connectivity index (χ1) is 14.7. The number of hydrogen-bond acceptors (Lipinski definition) is 7. The number of amides is 4. The van der Waals surface area contributed by atoms with Gasteiger partial charge in [0.15, 0.2) is 0 Å². The summed E-state index contributed by atoms with van der Waals surface area (Å²) in [6.07, 6.45) is 0.0840. The number of hydrogen-bond donors (Lipinski definition) is 1. The Morgan fingerprint density at radius 3 is 2.35 bits per heavy atom. The predicted molar refractivity (Wildman–Crippen MR) is 106 cm³/mol. The molecule has 4 rings (SSSR count). The number of carbonyl (C=O) groups excluding carboxylic acids is 4. The minimum atomic E-state index is -4.00. The first kappa shape index (κ1) is 20.9. The van der Waals surface area contributed by atoms with Crippen LogP contribution in [-0.4, -0.2) is 43.0 Å². The van der Waals surface area contributed by atoms with Crippen molar-refractivity contribution in [3.63, 3.8) is 0 Å². The summed E-state index contributed by atoms with van der Waals surface area (Å²) in [6.45, 7) is 1.50. The highest BCUT2D eigenvalue weighted by atomic mass is 32.2. The number of fused-ring (bicyclic) bond motifs is 1. The van der Waals surface area contributed by atoms with E-state index < -0.39 is 39.8 Å². The first-order valence-corrected chi connectivity index (χ1v) is 10.9. The van der Waals surface area contributed by atoms with E-state index >= 15 is 0 Å². The number of imide groups is 2. The fourth-order valence-corrected chi connectivity index (χ4v) is 4.42.